The van der Waals surface area contributed by atoms with E-state index in [1.165, 1.54) is 18.4 Å². The quantitative estimate of drug-likeness (QED) is 0.860. The maximum Gasteiger partial charge on any atom is 0.246 e. The Balaban J connectivity index is 1.81. The molecule has 2 amide bonds. The molecule has 0 aliphatic carbocycles. The first-order valence-electron chi connectivity index (χ1n) is 7.60. The van der Waals surface area contributed by atoms with Crippen molar-refractivity contribution in [2.45, 2.75) is 19.3 Å². The van der Waals surface area contributed by atoms with Crippen molar-refractivity contribution in [3.63, 3.8) is 0 Å². The van der Waals surface area contributed by atoms with Crippen molar-refractivity contribution in [1.29, 1.82) is 0 Å². The fourth-order valence-corrected chi connectivity index (χ4v) is 3.12. The van der Waals surface area contributed by atoms with Gasteiger partial charge in [0.2, 0.25) is 11.8 Å². The zero-order valence-electron chi connectivity index (χ0n) is 12.1. The van der Waals surface area contributed by atoms with Gasteiger partial charge in [0, 0.05) is 5.69 Å². The van der Waals surface area contributed by atoms with Crippen LogP contribution in [0.3, 0.4) is 0 Å². The average molecular weight is 287 g/mol. The Morgan fingerprint density at radius 1 is 1.14 bits per heavy atom. The Morgan fingerprint density at radius 2 is 1.90 bits per heavy atom. The summed E-state index contributed by atoms with van der Waals surface area (Å²) < 4.78 is 0. The van der Waals surface area contributed by atoms with Crippen molar-refractivity contribution >= 4 is 17.5 Å². The second-order valence-corrected chi connectivity index (χ2v) is 5.78. The molecule has 2 saturated heterocycles. The summed E-state index contributed by atoms with van der Waals surface area (Å²) in [5.41, 5.74) is 2.07. The molecule has 0 unspecified atom stereocenters. The molecule has 1 aromatic carbocycles. The smallest absolute Gasteiger partial charge is 0.246 e. The number of piperidine rings is 1. The molecular formula is C16H21N3O2. The van der Waals surface area contributed by atoms with Gasteiger partial charge in [-0.1, -0.05) is 18.2 Å². The molecule has 2 N–H and O–H groups in total. The van der Waals surface area contributed by atoms with Gasteiger partial charge in [0.05, 0.1) is 6.54 Å². The van der Waals surface area contributed by atoms with Crippen LogP contribution in [-0.2, 0) is 16.0 Å². The molecule has 1 aromatic rings. The predicted molar refractivity (Wildman–Crippen MR) is 81.1 cm³/mol. The SMILES string of the molecule is O=C1CN(c2ccccc2CC2CCNCC2)C(=O)CN1. The fourth-order valence-electron chi connectivity index (χ4n) is 3.12. The van der Waals surface area contributed by atoms with E-state index in [2.05, 4.69) is 16.7 Å². The first kappa shape index (κ1) is 14.1. The number of para-hydroxylation sites is 1. The van der Waals surface area contributed by atoms with Crippen LogP contribution < -0.4 is 15.5 Å². The van der Waals surface area contributed by atoms with Crippen molar-refractivity contribution in [3.8, 4) is 0 Å². The van der Waals surface area contributed by atoms with Crippen molar-refractivity contribution < 1.29 is 9.59 Å². The molecule has 0 radical (unpaired) electrons. The Hall–Kier alpha value is -1.88. The van der Waals surface area contributed by atoms with E-state index in [0.29, 0.717) is 5.92 Å². The number of carbonyl (C=O) groups excluding carboxylic acids is 2. The van der Waals surface area contributed by atoms with Gasteiger partial charge >= 0.3 is 0 Å². The summed E-state index contributed by atoms with van der Waals surface area (Å²) in [6.07, 6.45) is 3.31. The molecule has 0 bridgehead atoms. The van der Waals surface area contributed by atoms with Gasteiger partial charge in [-0.15, -0.1) is 0 Å². The standard InChI is InChI=1S/C16H21N3O2/c20-15-11-19(16(21)10-18-15)14-4-2-1-3-13(14)9-12-5-7-17-8-6-12/h1-4,12,17H,5-11H2,(H,18,20). The third-order valence-electron chi connectivity index (χ3n) is 4.29. The number of carbonyl (C=O) groups is 2. The molecule has 0 aromatic heterocycles. The highest BCUT2D eigenvalue weighted by molar-refractivity contribution is 6.04. The summed E-state index contributed by atoms with van der Waals surface area (Å²) in [6, 6.07) is 7.97. The summed E-state index contributed by atoms with van der Waals surface area (Å²) in [5, 5.41) is 5.97. The van der Waals surface area contributed by atoms with E-state index in [1.54, 1.807) is 4.90 Å². The monoisotopic (exact) mass is 287 g/mol. The normalized spacial score (nSPS) is 20.5. The van der Waals surface area contributed by atoms with Crippen molar-refractivity contribution in [2.24, 2.45) is 5.92 Å². The molecule has 112 valence electrons. The number of anilines is 1. The summed E-state index contributed by atoms with van der Waals surface area (Å²) in [4.78, 5) is 25.3. The largest absolute Gasteiger partial charge is 0.345 e. The second kappa shape index (κ2) is 6.26. The summed E-state index contributed by atoms with van der Waals surface area (Å²) in [7, 11) is 0. The number of hydrogen-bond donors (Lipinski definition) is 2. The zero-order chi connectivity index (χ0) is 14.7. The minimum Gasteiger partial charge on any atom is -0.345 e. The fraction of sp³-hybridized carbons (Fsp3) is 0.500. The number of hydrogen-bond acceptors (Lipinski definition) is 3. The number of benzene rings is 1. The van der Waals surface area contributed by atoms with Gasteiger partial charge in [0.25, 0.3) is 0 Å². The maximum atomic E-state index is 12.1. The molecule has 3 rings (SSSR count). The van der Waals surface area contributed by atoms with Gasteiger partial charge in [-0.3, -0.25) is 9.59 Å². The highest BCUT2D eigenvalue weighted by Gasteiger charge is 2.26. The maximum absolute atomic E-state index is 12.1. The van der Waals surface area contributed by atoms with Crippen LogP contribution in [0.25, 0.3) is 0 Å². The van der Waals surface area contributed by atoms with Crippen LogP contribution in [0.5, 0.6) is 0 Å². The van der Waals surface area contributed by atoms with Crippen molar-refractivity contribution in [2.75, 3.05) is 31.1 Å². The average Bonchev–Trinajstić information content (AvgIpc) is 2.51. The van der Waals surface area contributed by atoms with E-state index in [-0.39, 0.29) is 24.9 Å². The number of nitrogens with one attached hydrogen (secondary N) is 2. The van der Waals surface area contributed by atoms with Crippen LogP contribution in [0.4, 0.5) is 5.69 Å². The van der Waals surface area contributed by atoms with Crippen LogP contribution in [0.1, 0.15) is 18.4 Å². The van der Waals surface area contributed by atoms with Crippen LogP contribution in [-0.4, -0.2) is 38.0 Å². The summed E-state index contributed by atoms with van der Waals surface area (Å²) in [6.45, 7) is 2.36. The van der Waals surface area contributed by atoms with E-state index >= 15 is 0 Å². The molecule has 2 heterocycles. The topological polar surface area (TPSA) is 61.4 Å². The van der Waals surface area contributed by atoms with E-state index in [0.717, 1.165) is 25.2 Å². The molecule has 5 heteroatoms. The Labute approximate surface area is 124 Å². The number of amides is 2. The molecule has 0 saturated carbocycles. The molecule has 0 atom stereocenters. The number of nitrogens with zero attached hydrogens (tertiary/aromatic N) is 1. The van der Waals surface area contributed by atoms with Gasteiger partial charge in [-0.25, -0.2) is 0 Å². The summed E-state index contributed by atoms with van der Waals surface area (Å²) >= 11 is 0. The van der Waals surface area contributed by atoms with Crippen molar-refractivity contribution in [3.05, 3.63) is 29.8 Å². The van der Waals surface area contributed by atoms with Gasteiger partial charge in [0.15, 0.2) is 0 Å². The third kappa shape index (κ3) is 3.24. The van der Waals surface area contributed by atoms with Crippen LogP contribution >= 0.6 is 0 Å². The highest BCUT2D eigenvalue weighted by atomic mass is 16.2. The summed E-state index contributed by atoms with van der Waals surface area (Å²) in [5.74, 6) is 0.528. The first-order valence-corrected chi connectivity index (χ1v) is 7.60. The second-order valence-electron chi connectivity index (χ2n) is 5.78. The van der Waals surface area contributed by atoms with Crippen LogP contribution in [0.15, 0.2) is 24.3 Å². The first-order chi connectivity index (χ1) is 10.2. The molecule has 2 fully saturated rings. The molecule has 2 aliphatic heterocycles. The lowest BCUT2D eigenvalue weighted by Crippen LogP contribution is -2.52. The molecule has 21 heavy (non-hydrogen) atoms. The minimum atomic E-state index is -0.0914. The van der Waals surface area contributed by atoms with Crippen LogP contribution in [0, 0.1) is 5.92 Å². The molecule has 2 aliphatic rings. The Morgan fingerprint density at radius 3 is 2.71 bits per heavy atom. The lowest BCUT2D eigenvalue weighted by Gasteiger charge is -2.30. The lowest BCUT2D eigenvalue weighted by atomic mass is 9.90. The van der Waals surface area contributed by atoms with E-state index in [1.807, 2.05) is 18.2 Å². The third-order valence-corrected chi connectivity index (χ3v) is 4.29. The van der Waals surface area contributed by atoms with Gasteiger partial charge in [-0.05, 0) is 49.9 Å². The Bertz CT molecular complexity index is 538. The molecular weight excluding hydrogens is 266 g/mol. The lowest BCUT2D eigenvalue weighted by molar-refractivity contribution is -0.128. The minimum absolute atomic E-state index is 0.0349. The van der Waals surface area contributed by atoms with E-state index in [9.17, 15) is 9.59 Å². The predicted octanol–water partition coefficient (Wildman–Crippen LogP) is 0.691. The van der Waals surface area contributed by atoms with Gasteiger partial charge in [-0.2, -0.15) is 0 Å². The molecule has 5 nitrogen and oxygen atoms in total. The van der Waals surface area contributed by atoms with Crippen molar-refractivity contribution in [1.82, 2.24) is 10.6 Å². The number of rotatable bonds is 3. The van der Waals surface area contributed by atoms with E-state index in [4.69, 9.17) is 0 Å². The number of piperazine rings is 1. The Kier molecular flexibility index (Phi) is 4.20. The van der Waals surface area contributed by atoms with Gasteiger partial charge < -0.3 is 15.5 Å². The highest BCUT2D eigenvalue weighted by Crippen LogP contribution is 2.27. The molecule has 0 spiro atoms. The van der Waals surface area contributed by atoms with E-state index < -0.39 is 0 Å². The van der Waals surface area contributed by atoms with Gasteiger partial charge in [0.1, 0.15) is 6.54 Å². The zero-order valence-corrected chi connectivity index (χ0v) is 12.1. The van der Waals surface area contributed by atoms with Crippen LogP contribution in [0.2, 0.25) is 0 Å².